The van der Waals surface area contributed by atoms with Gasteiger partial charge in [0.15, 0.2) is 0 Å². The van der Waals surface area contributed by atoms with Gasteiger partial charge in [0.25, 0.3) is 0 Å². The average Bonchev–Trinajstić information content (AvgIpc) is 2.91. The van der Waals surface area contributed by atoms with Crippen molar-refractivity contribution >= 4 is 21.9 Å². The van der Waals surface area contributed by atoms with Crippen molar-refractivity contribution in [3.63, 3.8) is 0 Å². The number of nitrogens with one attached hydrogen (secondary N) is 1. The molecule has 0 amide bonds. The van der Waals surface area contributed by atoms with Gasteiger partial charge in [-0.25, -0.2) is 8.93 Å². The van der Waals surface area contributed by atoms with Crippen LogP contribution in [0.5, 0.6) is 5.75 Å². The highest BCUT2D eigenvalue weighted by molar-refractivity contribution is 7.82. The largest absolute Gasteiger partial charge is 0.497 e. The van der Waals surface area contributed by atoms with Gasteiger partial charge < -0.3 is 9.30 Å². The van der Waals surface area contributed by atoms with Gasteiger partial charge in [0.2, 0.25) is 0 Å². The zero-order valence-electron chi connectivity index (χ0n) is 14.4. The van der Waals surface area contributed by atoms with E-state index in [1.54, 1.807) is 13.4 Å². The number of benzene rings is 2. The van der Waals surface area contributed by atoms with Gasteiger partial charge in [-0.3, -0.25) is 0 Å². The van der Waals surface area contributed by atoms with Crippen molar-refractivity contribution < 1.29 is 8.95 Å². The lowest BCUT2D eigenvalue weighted by atomic mass is 10.0. The highest BCUT2D eigenvalue weighted by Gasteiger charge is 2.17. The minimum Gasteiger partial charge on any atom is -0.497 e. The summed E-state index contributed by atoms with van der Waals surface area (Å²) in [5, 5.41) is 10.6. The number of methoxy groups -OCH3 is 1. The molecule has 0 bridgehead atoms. The van der Waals surface area contributed by atoms with E-state index in [1.165, 1.54) is 0 Å². The molecule has 3 rings (SSSR count). The lowest BCUT2D eigenvalue weighted by molar-refractivity contribution is 0.415. The molecule has 0 fully saturated rings. The Bertz CT molecular complexity index is 985. The highest BCUT2D eigenvalue weighted by Crippen LogP contribution is 2.34. The van der Waals surface area contributed by atoms with Crippen molar-refractivity contribution in [3.05, 3.63) is 53.6 Å². The second kappa shape index (κ2) is 7.09. The van der Waals surface area contributed by atoms with Crippen LogP contribution in [-0.2, 0) is 24.6 Å². The Hall–Kier alpha value is -2.62. The number of ether oxygens (including phenoxy) is 1. The van der Waals surface area contributed by atoms with Crippen molar-refractivity contribution in [1.29, 1.82) is 5.26 Å². The van der Waals surface area contributed by atoms with Crippen molar-refractivity contribution in [2.24, 2.45) is 7.05 Å². The number of nitrogens with zero attached hydrogens (tertiary/aromatic N) is 2. The van der Waals surface area contributed by atoms with Crippen LogP contribution in [0.15, 0.2) is 42.5 Å². The first-order chi connectivity index (χ1) is 12.0. The SMILES string of the molecule is COc1ccc2c(C#N)c(-c3ccc(CNS(C)=O)cc3)n(C)c2c1. The van der Waals surface area contributed by atoms with E-state index in [9.17, 15) is 9.47 Å². The fourth-order valence-electron chi connectivity index (χ4n) is 2.96. The summed E-state index contributed by atoms with van der Waals surface area (Å²) < 4.78 is 21.3. The van der Waals surface area contributed by atoms with Gasteiger partial charge in [-0.05, 0) is 23.3 Å². The third-order valence-electron chi connectivity index (χ3n) is 4.23. The van der Waals surface area contributed by atoms with Crippen molar-refractivity contribution in [1.82, 2.24) is 9.29 Å². The standard InChI is InChI=1S/C19H19N3O2S/c1-22-18-10-15(24-2)8-9-16(18)17(11-20)19(22)14-6-4-13(5-7-14)12-21-25(3)23/h4-10,21H,12H2,1-3H3. The zero-order valence-corrected chi connectivity index (χ0v) is 15.2. The van der Waals surface area contributed by atoms with Crippen molar-refractivity contribution in [2.75, 3.05) is 13.4 Å². The van der Waals surface area contributed by atoms with Crippen LogP contribution in [0.2, 0.25) is 0 Å². The fraction of sp³-hybridized carbons (Fsp3) is 0.211. The summed E-state index contributed by atoms with van der Waals surface area (Å²) in [6.45, 7) is 0.542. The van der Waals surface area contributed by atoms with Crippen LogP contribution >= 0.6 is 0 Å². The Labute approximate surface area is 149 Å². The molecule has 0 spiro atoms. The lowest BCUT2D eigenvalue weighted by Crippen LogP contribution is -2.14. The first-order valence-electron chi connectivity index (χ1n) is 7.78. The van der Waals surface area contributed by atoms with E-state index in [0.29, 0.717) is 12.1 Å². The van der Waals surface area contributed by atoms with Crippen LogP contribution in [-0.4, -0.2) is 22.1 Å². The summed E-state index contributed by atoms with van der Waals surface area (Å²) in [4.78, 5) is 0. The van der Waals surface area contributed by atoms with Gasteiger partial charge in [0.1, 0.15) is 11.8 Å². The van der Waals surface area contributed by atoms with E-state index in [-0.39, 0.29) is 0 Å². The van der Waals surface area contributed by atoms with E-state index in [4.69, 9.17) is 4.74 Å². The third kappa shape index (κ3) is 3.29. The number of hydrogen-bond donors (Lipinski definition) is 1. The predicted octanol–water partition coefficient (Wildman–Crippen LogP) is 3.11. The second-order valence-corrected chi connectivity index (χ2v) is 6.95. The van der Waals surface area contributed by atoms with Crippen LogP contribution in [0, 0.1) is 11.3 Å². The zero-order chi connectivity index (χ0) is 18.0. The Kier molecular flexibility index (Phi) is 4.88. The summed E-state index contributed by atoms with van der Waals surface area (Å²) in [7, 11) is 2.54. The monoisotopic (exact) mass is 353 g/mol. The molecule has 1 aromatic heterocycles. The van der Waals surface area contributed by atoms with Crippen LogP contribution in [0.25, 0.3) is 22.2 Å². The minimum atomic E-state index is -1.04. The van der Waals surface area contributed by atoms with Crippen molar-refractivity contribution in [2.45, 2.75) is 6.54 Å². The number of fused-ring (bicyclic) bond motifs is 1. The van der Waals surface area contributed by atoms with Crippen LogP contribution < -0.4 is 9.46 Å². The molecule has 1 atom stereocenters. The molecule has 25 heavy (non-hydrogen) atoms. The van der Waals surface area contributed by atoms with Crippen molar-refractivity contribution in [3.8, 4) is 23.1 Å². The normalized spacial score (nSPS) is 12.1. The fourth-order valence-corrected chi connectivity index (χ4v) is 3.33. The Balaban J connectivity index is 2.07. The lowest BCUT2D eigenvalue weighted by Gasteiger charge is -2.07. The molecule has 1 heterocycles. The minimum absolute atomic E-state index is 0.542. The number of aromatic nitrogens is 1. The smallest absolute Gasteiger partial charge is 0.120 e. The molecule has 1 N–H and O–H groups in total. The van der Waals surface area contributed by atoms with Gasteiger partial charge in [-0.2, -0.15) is 5.26 Å². The Morgan fingerprint density at radius 1 is 1.24 bits per heavy atom. The quantitative estimate of drug-likeness (QED) is 0.766. The molecular weight excluding hydrogens is 334 g/mol. The van der Waals surface area contributed by atoms with Gasteiger partial charge in [-0.15, -0.1) is 0 Å². The molecule has 0 aliphatic carbocycles. The Morgan fingerprint density at radius 2 is 1.96 bits per heavy atom. The molecule has 6 heteroatoms. The maximum absolute atomic E-state index is 11.1. The predicted molar refractivity (Wildman–Crippen MR) is 101 cm³/mol. The van der Waals surface area contributed by atoms with Crippen LogP contribution in [0.3, 0.4) is 0 Å². The molecule has 0 radical (unpaired) electrons. The molecule has 5 nitrogen and oxygen atoms in total. The number of hydrogen-bond acceptors (Lipinski definition) is 3. The van der Waals surface area contributed by atoms with E-state index in [2.05, 4.69) is 10.8 Å². The van der Waals surface area contributed by atoms with Crippen LogP contribution in [0.1, 0.15) is 11.1 Å². The molecule has 0 saturated carbocycles. The van der Waals surface area contributed by atoms with E-state index in [0.717, 1.165) is 33.5 Å². The maximum atomic E-state index is 11.1. The second-order valence-electron chi connectivity index (χ2n) is 5.75. The Morgan fingerprint density at radius 3 is 2.56 bits per heavy atom. The highest BCUT2D eigenvalue weighted by atomic mass is 32.2. The maximum Gasteiger partial charge on any atom is 0.120 e. The molecular formula is C19H19N3O2S. The summed E-state index contributed by atoms with van der Waals surface area (Å²) in [6.07, 6.45) is 1.61. The molecule has 2 aromatic carbocycles. The molecule has 0 aliphatic rings. The first-order valence-corrected chi connectivity index (χ1v) is 9.33. The molecule has 0 saturated heterocycles. The summed E-state index contributed by atoms with van der Waals surface area (Å²) in [6, 6.07) is 16.0. The van der Waals surface area contributed by atoms with Crippen LogP contribution in [0.4, 0.5) is 0 Å². The average molecular weight is 353 g/mol. The van der Waals surface area contributed by atoms with Gasteiger partial charge >= 0.3 is 0 Å². The van der Waals surface area contributed by atoms with E-state index >= 15 is 0 Å². The number of aryl methyl sites for hydroxylation is 1. The van der Waals surface area contributed by atoms with Gasteiger partial charge in [0.05, 0.1) is 34.9 Å². The molecule has 128 valence electrons. The molecule has 3 aromatic rings. The topological polar surface area (TPSA) is 67.0 Å². The van der Waals surface area contributed by atoms with Gasteiger partial charge in [0, 0.05) is 31.3 Å². The number of rotatable bonds is 5. The first kappa shape index (κ1) is 17.2. The molecule has 0 aliphatic heterocycles. The third-order valence-corrected chi connectivity index (χ3v) is 4.78. The summed E-state index contributed by atoms with van der Waals surface area (Å²) >= 11 is 0. The molecule has 1 unspecified atom stereocenters. The van der Waals surface area contributed by atoms with E-state index in [1.807, 2.05) is 54.1 Å². The summed E-state index contributed by atoms with van der Waals surface area (Å²) in [5.41, 5.74) is 4.50. The van der Waals surface area contributed by atoms with E-state index < -0.39 is 11.0 Å². The summed E-state index contributed by atoms with van der Waals surface area (Å²) in [5.74, 6) is 0.762. The van der Waals surface area contributed by atoms with Gasteiger partial charge in [-0.1, -0.05) is 24.3 Å². The number of nitriles is 1.